The van der Waals surface area contributed by atoms with Crippen molar-refractivity contribution in [2.24, 2.45) is 0 Å². The molecule has 0 bridgehead atoms. The Balaban J connectivity index is 2.39. The second-order valence-electron chi connectivity index (χ2n) is 5.67. The number of aliphatic carboxylic acids is 1. The van der Waals surface area contributed by atoms with Crippen LogP contribution < -0.4 is 5.32 Å². The summed E-state index contributed by atoms with van der Waals surface area (Å²) in [6.45, 7) is 7.67. The van der Waals surface area contributed by atoms with Gasteiger partial charge in [-0.1, -0.05) is 6.92 Å². The van der Waals surface area contributed by atoms with Gasteiger partial charge < -0.3 is 20.1 Å². The molecule has 0 aromatic rings. The third-order valence-corrected chi connectivity index (χ3v) is 3.90. The number of carboxylic acid groups (broad SMARTS) is 1. The number of hydrogen-bond acceptors (Lipinski definition) is 4. The molecule has 0 aromatic heterocycles. The van der Waals surface area contributed by atoms with Crippen molar-refractivity contribution in [1.29, 1.82) is 0 Å². The first-order valence-corrected chi connectivity index (χ1v) is 7.24. The Labute approximate surface area is 116 Å². The Morgan fingerprint density at radius 3 is 2.89 bits per heavy atom. The van der Waals surface area contributed by atoms with E-state index in [9.17, 15) is 9.90 Å². The number of likely N-dealkylation sites (tertiary alicyclic amines) is 1. The van der Waals surface area contributed by atoms with E-state index in [1.54, 1.807) is 7.11 Å². The fourth-order valence-electron chi connectivity index (χ4n) is 2.61. The van der Waals surface area contributed by atoms with Crippen LogP contribution in [0.4, 0.5) is 0 Å². The maximum atomic E-state index is 11.2. The van der Waals surface area contributed by atoms with Gasteiger partial charge in [0.15, 0.2) is 0 Å². The van der Waals surface area contributed by atoms with E-state index in [1.807, 2.05) is 6.92 Å². The van der Waals surface area contributed by atoms with Crippen LogP contribution in [0.2, 0.25) is 0 Å². The first-order chi connectivity index (χ1) is 9.00. The Hall–Kier alpha value is -0.650. The van der Waals surface area contributed by atoms with Crippen molar-refractivity contribution in [2.45, 2.75) is 51.2 Å². The van der Waals surface area contributed by atoms with Gasteiger partial charge in [-0.2, -0.15) is 0 Å². The molecule has 5 heteroatoms. The maximum absolute atomic E-state index is 11.2. The molecule has 1 saturated heterocycles. The molecule has 0 aromatic carbocycles. The molecular weight excluding hydrogens is 244 g/mol. The standard InChI is InChI=1S/C14H28N2O3/c1-4-8-15-12(13(17)18)6-10-16-9-5-7-14(2,11-16)19-3/h12,15H,4-11H2,1-3H3,(H,17,18). The Kier molecular flexibility index (Phi) is 6.75. The van der Waals surface area contributed by atoms with Gasteiger partial charge in [0, 0.05) is 20.2 Å². The minimum Gasteiger partial charge on any atom is -0.480 e. The second kappa shape index (κ2) is 7.82. The van der Waals surface area contributed by atoms with Crippen molar-refractivity contribution in [1.82, 2.24) is 10.2 Å². The summed E-state index contributed by atoms with van der Waals surface area (Å²) in [5.74, 6) is -0.750. The molecule has 0 aliphatic carbocycles. The van der Waals surface area contributed by atoms with Gasteiger partial charge in [0.2, 0.25) is 0 Å². The van der Waals surface area contributed by atoms with E-state index >= 15 is 0 Å². The van der Waals surface area contributed by atoms with E-state index in [4.69, 9.17) is 4.74 Å². The van der Waals surface area contributed by atoms with Crippen LogP contribution in [0, 0.1) is 0 Å². The van der Waals surface area contributed by atoms with E-state index in [-0.39, 0.29) is 5.60 Å². The topological polar surface area (TPSA) is 61.8 Å². The third-order valence-electron chi connectivity index (χ3n) is 3.90. The fraction of sp³-hybridized carbons (Fsp3) is 0.929. The zero-order valence-electron chi connectivity index (χ0n) is 12.4. The van der Waals surface area contributed by atoms with Crippen LogP contribution in [0.25, 0.3) is 0 Å². The van der Waals surface area contributed by atoms with Gasteiger partial charge in [0.25, 0.3) is 0 Å². The summed E-state index contributed by atoms with van der Waals surface area (Å²) in [7, 11) is 1.76. The zero-order valence-corrected chi connectivity index (χ0v) is 12.4. The molecule has 1 rings (SSSR count). The fourth-order valence-corrected chi connectivity index (χ4v) is 2.61. The van der Waals surface area contributed by atoms with Crippen LogP contribution in [0.15, 0.2) is 0 Å². The molecule has 5 nitrogen and oxygen atoms in total. The van der Waals surface area contributed by atoms with Crippen LogP contribution in [0.1, 0.15) is 39.5 Å². The summed E-state index contributed by atoms with van der Waals surface area (Å²) < 4.78 is 5.55. The van der Waals surface area contributed by atoms with Crippen LogP contribution in [0.3, 0.4) is 0 Å². The van der Waals surface area contributed by atoms with Gasteiger partial charge in [-0.05, 0) is 45.7 Å². The minimum atomic E-state index is -0.750. The van der Waals surface area contributed by atoms with Crippen LogP contribution >= 0.6 is 0 Å². The summed E-state index contributed by atoms with van der Waals surface area (Å²) in [6.07, 6.45) is 3.80. The quantitative estimate of drug-likeness (QED) is 0.698. The zero-order chi connectivity index (χ0) is 14.3. The van der Waals surface area contributed by atoms with E-state index in [0.29, 0.717) is 6.42 Å². The molecule has 112 valence electrons. The van der Waals surface area contributed by atoms with Crippen LogP contribution in [-0.4, -0.2) is 60.9 Å². The number of carboxylic acids is 1. The van der Waals surface area contributed by atoms with Crippen molar-refractivity contribution in [2.75, 3.05) is 33.3 Å². The second-order valence-corrected chi connectivity index (χ2v) is 5.67. The monoisotopic (exact) mass is 272 g/mol. The van der Waals surface area contributed by atoms with Crippen molar-refractivity contribution < 1.29 is 14.6 Å². The van der Waals surface area contributed by atoms with E-state index in [2.05, 4.69) is 17.1 Å². The largest absolute Gasteiger partial charge is 0.480 e. The van der Waals surface area contributed by atoms with Gasteiger partial charge in [0.1, 0.15) is 6.04 Å². The van der Waals surface area contributed by atoms with E-state index < -0.39 is 12.0 Å². The van der Waals surface area contributed by atoms with Crippen LogP contribution in [-0.2, 0) is 9.53 Å². The number of nitrogens with zero attached hydrogens (tertiary/aromatic N) is 1. The summed E-state index contributed by atoms with van der Waals surface area (Å²) in [5.41, 5.74) is -0.0756. The normalized spacial score (nSPS) is 26.3. The summed E-state index contributed by atoms with van der Waals surface area (Å²) in [4.78, 5) is 13.5. The molecule has 1 fully saturated rings. The number of ether oxygens (including phenoxy) is 1. The SMILES string of the molecule is CCCNC(CCN1CCCC(C)(OC)C1)C(=O)O. The number of piperidine rings is 1. The number of rotatable bonds is 8. The van der Waals surface area contributed by atoms with Crippen molar-refractivity contribution in [3.63, 3.8) is 0 Å². The summed E-state index contributed by atoms with van der Waals surface area (Å²) in [6, 6.07) is -0.435. The molecule has 2 N–H and O–H groups in total. The highest BCUT2D eigenvalue weighted by Crippen LogP contribution is 2.23. The molecule has 2 atom stereocenters. The average molecular weight is 272 g/mol. The van der Waals surface area contributed by atoms with Crippen molar-refractivity contribution in [3.05, 3.63) is 0 Å². The molecular formula is C14H28N2O3. The molecule has 2 unspecified atom stereocenters. The highest BCUT2D eigenvalue weighted by atomic mass is 16.5. The Bertz CT molecular complexity index is 286. The minimum absolute atomic E-state index is 0.0756. The lowest BCUT2D eigenvalue weighted by atomic mass is 9.94. The third kappa shape index (κ3) is 5.47. The molecule has 0 saturated carbocycles. The Morgan fingerprint density at radius 1 is 1.58 bits per heavy atom. The van der Waals surface area contributed by atoms with Gasteiger partial charge in [0.05, 0.1) is 5.60 Å². The number of carbonyl (C=O) groups is 1. The molecule has 0 amide bonds. The highest BCUT2D eigenvalue weighted by Gasteiger charge is 2.31. The molecule has 1 aliphatic heterocycles. The van der Waals surface area contributed by atoms with Gasteiger partial charge in [-0.15, -0.1) is 0 Å². The van der Waals surface area contributed by atoms with Gasteiger partial charge >= 0.3 is 5.97 Å². The predicted molar refractivity (Wildman–Crippen MR) is 75.4 cm³/mol. The lowest BCUT2D eigenvalue weighted by Crippen LogP contribution is -2.49. The highest BCUT2D eigenvalue weighted by molar-refractivity contribution is 5.73. The van der Waals surface area contributed by atoms with Gasteiger partial charge in [-0.3, -0.25) is 4.79 Å². The number of hydrogen-bond donors (Lipinski definition) is 2. The molecule has 0 spiro atoms. The lowest BCUT2D eigenvalue weighted by molar-refractivity contribution is -0.139. The number of methoxy groups -OCH3 is 1. The predicted octanol–water partition coefficient (Wildman–Crippen LogP) is 1.33. The Morgan fingerprint density at radius 2 is 2.32 bits per heavy atom. The van der Waals surface area contributed by atoms with E-state index in [1.165, 1.54) is 0 Å². The maximum Gasteiger partial charge on any atom is 0.320 e. The molecule has 1 aliphatic rings. The molecule has 0 radical (unpaired) electrons. The lowest BCUT2D eigenvalue weighted by Gasteiger charge is -2.39. The smallest absolute Gasteiger partial charge is 0.320 e. The van der Waals surface area contributed by atoms with Crippen molar-refractivity contribution in [3.8, 4) is 0 Å². The first kappa shape index (κ1) is 16.4. The molecule has 1 heterocycles. The van der Waals surface area contributed by atoms with Crippen molar-refractivity contribution >= 4 is 5.97 Å². The summed E-state index contributed by atoms with van der Waals surface area (Å²) >= 11 is 0. The van der Waals surface area contributed by atoms with E-state index in [0.717, 1.165) is 45.4 Å². The molecule has 19 heavy (non-hydrogen) atoms. The number of nitrogens with one attached hydrogen (secondary N) is 1. The average Bonchev–Trinajstić information content (AvgIpc) is 2.38. The van der Waals surface area contributed by atoms with Gasteiger partial charge in [-0.25, -0.2) is 0 Å². The van der Waals surface area contributed by atoms with Crippen LogP contribution in [0.5, 0.6) is 0 Å². The first-order valence-electron chi connectivity index (χ1n) is 7.24. The summed E-state index contributed by atoms with van der Waals surface area (Å²) in [5, 5.41) is 12.3.